The molecule has 5 heteroatoms. The molecule has 1 aromatic rings. The summed E-state index contributed by atoms with van der Waals surface area (Å²) in [5.41, 5.74) is -0.643. The zero-order valence-corrected chi connectivity index (χ0v) is 10.9. The van der Waals surface area contributed by atoms with Gasteiger partial charge in [0.15, 0.2) is 0 Å². The van der Waals surface area contributed by atoms with Gasteiger partial charge in [-0.1, -0.05) is 0 Å². The van der Waals surface area contributed by atoms with Gasteiger partial charge in [-0.25, -0.2) is 0 Å². The number of alkyl halides is 3. The van der Waals surface area contributed by atoms with Crippen molar-refractivity contribution in [2.24, 2.45) is 0 Å². The Hall–Kier alpha value is -1.23. The van der Waals surface area contributed by atoms with Crippen LogP contribution in [0.4, 0.5) is 13.2 Å². The first-order chi connectivity index (χ1) is 8.97. The number of halogens is 3. The van der Waals surface area contributed by atoms with E-state index >= 15 is 0 Å². The van der Waals surface area contributed by atoms with Gasteiger partial charge in [0.2, 0.25) is 0 Å². The van der Waals surface area contributed by atoms with Crippen LogP contribution < -0.4 is 4.74 Å². The highest BCUT2D eigenvalue weighted by Gasteiger charge is 2.30. The van der Waals surface area contributed by atoms with Gasteiger partial charge < -0.3 is 9.64 Å². The molecule has 2 rings (SSSR count). The highest BCUT2D eigenvalue weighted by molar-refractivity contribution is 5.28. The van der Waals surface area contributed by atoms with Crippen molar-refractivity contribution in [2.75, 3.05) is 20.2 Å². The van der Waals surface area contributed by atoms with Crippen LogP contribution in [0.2, 0.25) is 0 Å². The van der Waals surface area contributed by atoms with E-state index in [0.29, 0.717) is 18.4 Å². The van der Waals surface area contributed by atoms with E-state index in [1.807, 2.05) is 0 Å². The van der Waals surface area contributed by atoms with Crippen LogP contribution in [0.25, 0.3) is 0 Å². The van der Waals surface area contributed by atoms with Crippen LogP contribution in [-0.4, -0.2) is 31.1 Å². The van der Waals surface area contributed by atoms with Crippen molar-refractivity contribution in [3.8, 4) is 5.75 Å². The van der Waals surface area contributed by atoms with Gasteiger partial charge in [-0.05, 0) is 57.1 Å². The summed E-state index contributed by atoms with van der Waals surface area (Å²) in [6, 6.07) is 5.39. The fraction of sp³-hybridized carbons (Fsp3) is 0.571. The average molecular weight is 273 g/mol. The van der Waals surface area contributed by atoms with Crippen LogP contribution in [0.1, 0.15) is 24.8 Å². The van der Waals surface area contributed by atoms with Crippen LogP contribution in [0.5, 0.6) is 5.75 Å². The number of likely N-dealkylation sites (tertiary alicyclic amines) is 1. The normalized spacial score (nSPS) is 20.7. The third-order valence-electron chi connectivity index (χ3n) is 3.57. The second-order valence-corrected chi connectivity index (χ2v) is 4.94. The quantitative estimate of drug-likeness (QED) is 0.831. The number of benzene rings is 1. The predicted molar refractivity (Wildman–Crippen MR) is 67.2 cm³/mol. The Labute approximate surface area is 111 Å². The third kappa shape index (κ3) is 3.86. The van der Waals surface area contributed by atoms with Crippen LogP contribution in [-0.2, 0) is 6.18 Å². The summed E-state index contributed by atoms with van der Waals surface area (Å²) in [6.45, 7) is 1.66. The van der Waals surface area contributed by atoms with E-state index in [9.17, 15) is 13.2 Å². The average Bonchev–Trinajstić information content (AvgIpc) is 2.75. The number of ether oxygens (including phenoxy) is 1. The van der Waals surface area contributed by atoms with Crippen molar-refractivity contribution in [2.45, 2.75) is 31.5 Å². The summed E-state index contributed by atoms with van der Waals surface area (Å²) in [6.07, 6.45) is -0.989. The molecule has 2 nitrogen and oxygen atoms in total. The smallest absolute Gasteiger partial charge is 0.416 e. The minimum absolute atomic E-state index is 0.494. The first kappa shape index (κ1) is 14.2. The molecule has 0 bridgehead atoms. The molecule has 1 aliphatic rings. The second-order valence-electron chi connectivity index (χ2n) is 4.94. The Morgan fingerprint density at radius 2 is 1.95 bits per heavy atom. The zero-order chi connectivity index (χ0) is 13.9. The van der Waals surface area contributed by atoms with Crippen molar-refractivity contribution < 1.29 is 17.9 Å². The Morgan fingerprint density at radius 3 is 2.47 bits per heavy atom. The number of hydrogen-bond acceptors (Lipinski definition) is 2. The number of rotatable bonds is 4. The molecule has 1 fully saturated rings. The number of nitrogens with zero attached hydrogens (tertiary/aromatic N) is 1. The molecule has 0 amide bonds. The fourth-order valence-corrected chi connectivity index (χ4v) is 2.40. The van der Waals surface area contributed by atoms with Crippen molar-refractivity contribution in [3.05, 3.63) is 29.8 Å². The highest BCUT2D eigenvalue weighted by atomic mass is 19.4. The molecule has 0 radical (unpaired) electrons. The molecule has 1 aliphatic heterocycles. The van der Waals surface area contributed by atoms with Gasteiger partial charge in [-0.2, -0.15) is 13.2 Å². The molecular formula is C14H18F3NO. The third-order valence-corrected chi connectivity index (χ3v) is 3.57. The van der Waals surface area contributed by atoms with Crippen molar-refractivity contribution in [1.82, 2.24) is 4.90 Å². The lowest BCUT2D eigenvalue weighted by molar-refractivity contribution is -0.137. The highest BCUT2D eigenvalue weighted by Crippen LogP contribution is 2.30. The van der Waals surface area contributed by atoms with Gasteiger partial charge in [0.1, 0.15) is 5.75 Å². The van der Waals surface area contributed by atoms with E-state index in [4.69, 9.17) is 4.74 Å². The predicted octanol–water partition coefficient (Wildman–Crippen LogP) is 3.57. The van der Waals surface area contributed by atoms with Gasteiger partial charge in [0, 0.05) is 6.04 Å². The number of hydrogen-bond donors (Lipinski definition) is 0. The maximum absolute atomic E-state index is 12.4. The van der Waals surface area contributed by atoms with Gasteiger partial charge in [0.05, 0.1) is 12.2 Å². The summed E-state index contributed by atoms with van der Waals surface area (Å²) in [7, 11) is 2.09. The molecule has 1 aromatic carbocycles. The first-order valence-electron chi connectivity index (χ1n) is 6.47. The van der Waals surface area contributed by atoms with E-state index in [2.05, 4.69) is 11.9 Å². The maximum atomic E-state index is 12.4. The van der Waals surface area contributed by atoms with Crippen molar-refractivity contribution in [3.63, 3.8) is 0 Å². The van der Waals surface area contributed by atoms with Gasteiger partial charge in [-0.3, -0.25) is 0 Å². The molecule has 106 valence electrons. The molecule has 19 heavy (non-hydrogen) atoms. The Morgan fingerprint density at radius 1 is 1.26 bits per heavy atom. The molecule has 0 spiro atoms. The monoisotopic (exact) mass is 273 g/mol. The minimum Gasteiger partial charge on any atom is -0.494 e. The SMILES string of the molecule is CN1CCCC1CCOc1ccc(C(F)(F)F)cc1. The van der Waals surface area contributed by atoms with Gasteiger partial charge in [-0.15, -0.1) is 0 Å². The van der Waals surface area contributed by atoms with Crippen LogP contribution in [0.15, 0.2) is 24.3 Å². The molecule has 0 N–H and O–H groups in total. The maximum Gasteiger partial charge on any atom is 0.416 e. The largest absolute Gasteiger partial charge is 0.494 e. The lowest BCUT2D eigenvalue weighted by Crippen LogP contribution is -2.26. The first-order valence-corrected chi connectivity index (χ1v) is 6.47. The van der Waals surface area contributed by atoms with E-state index in [-0.39, 0.29) is 0 Å². The topological polar surface area (TPSA) is 12.5 Å². The van der Waals surface area contributed by atoms with Crippen LogP contribution in [0.3, 0.4) is 0 Å². The van der Waals surface area contributed by atoms with Gasteiger partial charge in [0.25, 0.3) is 0 Å². The van der Waals surface area contributed by atoms with E-state index < -0.39 is 11.7 Å². The molecule has 1 atom stereocenters. The van der Waals surface area contributed by atoms with Crippen molar-refractivity contribution in [1.29, 1.82) is 0 Å². The Kier molecular flexibility index (Phi) is 4.34. The Bertz CT molecular complexity index is 402. The standard InChI is InChI=1S/C14H18F3NO/c1-18-9-2-3-12(18)8-10-19-13-6-4-11(5-7-13)14(15,16)17/h4-7,12H,2-3,8-10H2,1H3. The molecule has 0 aliphatic carbocycles. The van der Waals surface area contributed by atoms with E-state index in [1.54, 1.807) is 0 Å². The molecule has 1 unspecified atom stereocenters. The minimum atomic E-state index is -4.29. The molecule has 0 aromatic heterocycles. The summed E-state index contributed by atoms with van der Waals surface area (Å²) < 4.78 is 42.6. The summed E-state index contributed by atoms with van der Waals surface area (Å²) in [5.74, 6) is 0.494. The van der Waals surface area contributed by atoms with E-state index in [1.165, 1.54) is 25.0 Å². The molecule has 1 heterocycles. The fourth-order valence-electron chi connectivity index (χ4n) is 2.40. The van der Waals surface area contributed by atoms with Crippen molar-refractivity contribution >= 4 is 0 Å². The van der Waals surface area contributed by atoms with Crippen LogP contribution >= 0.6 is 0 Å². The van der Waals surface area contributed by atoms with Gasteiger partial charge >= 0.3 is 6.18 Å². The van der Waals surface area contributed by atoms with E-state index in [0.717, 1.165) is 25.1 Å². The summed E-state index contributed by atoms with van der Waals surface area (Å²) in [4.78, 5) is 2.30. The molecule has 0 saturated carbocycles. The second kappa shape index (κ2) is 5.82. The summed E-state index contributed by atoms with van der Waals surface area (Å²) >= 11 is 0. The molecule has 1 saturated heterocycles. The lowest BCUT2D eigenvalue weighted by atomic mass is 10.1. The molecular weight excluding hydrogens is 255 g/mol. The summed E-state index contributed by atoms with van der Waals surface area (Å²) in [5, 5.41) is 0. The lowest BCUT2D eigenvalue weighted by Gasteiger charge is -2.19. The Balaban J connectivity index is 1.80. The zero-order valence-electron chi connectivity index (χ0n) is 10.9. The van der Waals surface area contributed by atoms with Crippen LogP contribution in [0, 0.1) is 0 Å².